The lowest BCUT2D eigenvalue weighted by Crippen LogP contribution is -2.39. The Kier molecular flexibility index (Phi) is 2.37. The van der Waals surface area contributed by atoms with E-state index in [2.05, 4.69) is 56.9 Å². The lowest BCUT2D eigenvalue weighted by atomic mass is 9.66. The fraction of sp³-hybridized carbons (Fsp3) is 0.294. The van der Waals surface area contributed by atoms with Crippen LogP contribution in [0.4, 0.5) is 0 Å². The highest BCUT2D eigenvalue weighted by atomic mass is 79.9. The first-order valence-corrected chi connectivity index (χ1v) is 8.20. The van der Waals surface area contributed by atoms with Gasteiger partial charge in [-0.25, -0.2) is 9.97 Å². The molecule has 4 heteroatoms. The molecule has 3 aromatic rings. The Hall–Kier alpha value is -1.68. The number of benzene rings is 1. The SMILES string of the molecule is Brc1ccc2nc3n(c2n1)C(c1ccccc1)C1CC3C1. The van der Waals surface area contributed by atoms with Crippen LogP contribution in [-0.2, 0) is 0 Å². The van der Waals surface area contributed by atoms with Gasteiger partial charge in [0.15, 0.2) is 5.65 Å². The average molecular weight is 340 g/mol. The molecule has 2 bridgehead atoms. The van der Waals surface area contributed by atoms with Crippen LogP contribution in [0, 0.1) is 5.92 Å². The zero-order valence-corrected chi connectivity index (χ0v) is 13.0. The number of pyridine rings is 1. The smallest absolute Gasteiger partial charge is 0.161 e. The zero-order chi connectivity index (χ0) is 14.0. The minimum Gasteiger partial charge on any atom is -0.305 e. The van der Waals surface area contributed by atoms with Crippen LogP contribution in [0.15, 0.2) is 47.1 Å². The van der Waals surface area contributed by atoms with E-state index in [0.29, 0.717) is 12.0 Å². The van der Waals surface area contributed by atoms with Crippen LogP contribution in [0.5, 0.6) is 0 Å². The fourth-order valence-electron chi connectivity index (χ4n) is 3.94. The van der Waals surface area contributed by atoms with Gasteiger partial charge in [-0.2, -0.15) is 0 Å². The monoisotopic (exact) mass is 339 g/mol. The summed E-state index contributed by atoms with van der Waals surface area (Å²) in [4.78, 5) is 9.57. The van der Waals surface area contributed by atoms with Crippen LogP contribution < -0.4 is 0 Å². The number of nitrogens with zero attached hydrogens (tertiary/aromatic N) is 3. The molecule has 1 fully saturated rings. The Labute approximate surface area is 131 Å². The van der Waals surface area contributed by atoms with Gasteiger partial charge < -0.3 is 4.57 Å². The van der Waals surface area contributed by atoms with Gasteiger partial charge in [-0.3, -0.25) is 0 Å². The molecule has 1 unspecified atom stereocenters. The molecule has 0 N–H and O–H groups in total. The van der Waals surface area contributed by atoms with E-state index in [-0.39, 0.29) is 0 Å². The predicted molar refractivity (Wildman–Crippen MR) is 85.3 cm³/mol. The number of aromatic nitrogens is 3. The molecule has 0 radical (unpaired) electrons. The molecule has 2 aromatic heterocycles. The average Bonchev–Trinajstić information content (AvgIpc) is 2.85. The summed E-state index contributed by atoms with van der Waals surface area (Å²) in [5, 5.41) is 0. The maximum absolute atomic E-state index is 4.87. The molecule has 1 aliphatic carbocycles. The van der Waals surface area contributed by atoms with E-state index < -0.39 is 0 Å². The van der Waals surface area contributed by atoms with Gasteiger partial charge in [0.1, 0.15) is 15.9 Å². The van der Waals surface area contributed by atoms with Crippen molar-refractivity contribution in [2.45, 2.75) is 24.8 Å². The molecular formula is C17H14BrN3. The number of rotatable bonds is 1. The quantitative estimate of drug-likeness (QED) is 0.619. The van der Waals surface area contributed by atoms with Gasteiger partial charge >= 0.3 is 0 Å². The first-order chi connectivity index (χ1) is 10.3. The van der Waals surface area contributed by atoms with Gasteiger partial charge in [0.05, 0.1) is 6.04 Å². The van der Waals surface area contributed by atoms with Crippen LogP contribution in [0.1, 0.15) is 36.2 Å². The molecule has 2 aliphatic heterocycles. The molecule has 3 nitrogen and oxygen atoms in total. The van der Waals surface area contributed by atoms with E-state index in [1.165, 1.54) is 24.2 Å². The summed E-state index contributed by atoms with van der Waals surface area (Å²) in [6.45, 7) is 0. The summed E-state index contributed by atoms with van der Waals surface area (Å²) in [6, 6.07) is 15.2. The van der Waals surface area contributed by atoms with Gasteiger partial charge in [0.2, 0.25) is 0 Å². The Morgan fingerprint density at radius 3 is 2.62 bits per heavy atom. The van der Waals surface area contributed by atoms with Gasteiger partial charge in [0, 0.05) is 5.92 Å². The van der Waals surface area contributed by atoms with Crippen molar-refractivity contribution in [3.63, 3.8) is 0 Å². The molecule has 0 saturated heterocycles. The van der Waals surface area contributed by atoms with Crippen molar-refractivity contribution >= 4 is 27.1 Å². The first-order valence-electron chi connectivity index (χ1n) is 7.40. The second-order valence-corrected chi connectivity index (χ2v) is 6.91. The Morgan fingerprint density at radius 1 is 1.00 bits per heavy atom. The lowest BCUT2D eigenvalue weighted by molar-refractivity contribution is 0.148. The van der Waals surface area contributed by atoms with Crippen LogP contribution in [0.3, 0.4) is 0 Å². The van der Waals surface area contributed by atoms with Crippen LogP contribution in [0.2, 0.25) is 0 Å². The van der Waals surface area contributed by atoms with Gasteiger partial charge in [-0.15, -0.1) is 0 Å². The van der Waals surface area contributed by atoms with E-state index in [9.17, 15) is 0 Å². The van der Waals surface area contributed by atoms with Crippen molar-refractivity contribution in [1.82, 2.24) is 14.5 Å². The highest BCUT2D eigenvalue weighted by molar-refractivity contribution is 9.10. The standard InChI is InChI=1S/C17H14BrN3/c18-14-7-6-13-17(20-14)21-15(10-4-2-1-3-5-10)11-8-12(9-11)16(21)19-13/h1-7,11-12,15H,8-9H2. The summed E-state index contributed by atoms with van der Waals surface area (Å²) in [7, 11) is 0. The Bertz CT molecular complexity index is 834. The summed E-state index contributed by atoms with van der Waals surface area (Å²) < 4.78 is 3.27. The fourth-order valence-corrected chi connectivity index (χ4v) is 4.24. The van der Waals surface area contributed by atoms with E-state index in [1.807, 2.05) is 6.07 Å². The molecule has 3 aliphatic rings. The molecule has 0 spiro atoms. The second kappa shape index (κ2) is 4.17. The molecular weight excluding hydrogens is 326 g/mol. The normalized spacial score (nSPS) is 26.4. The van der Waals surface area contributed by atoms with Crippen molar-refractivity contribution in [2.24, 2.45) is 5.92 Å². The highest BCUT2D eigenvalue weighted by Crippen LogP contribution is 2.55. The van der Waals surface area contributed by atoms with Crippen LogP contribution in [0.25, 0.3) is 11.2 Å². The highest BCUT2D eigenvalue weighted by Gasteiger charge is 2.46. The maximum atomic E-state index is 4.87. The molecule has 21 heavy (non-hydrogen) atoms. The first kappa shape index (κ1) is 11.9. The minimum atomic E-state index is 0.387. The predicted octanol–water partition coefficient (Wildman–Crippen LogP) is 4.29. The van der Waals surface area contributed by atoms with E-state index in [4.69, 9.17) is 9.97 Å². The summed E-state index contributed by atoms with van der Waals surface area (Å²) in [6.07, 6.45) is 2.54. The summed E-state index contributed by atoms with van der Waals surface area (Å²) >= 11 is 3.50. The zero-order valence-electron chi connectivity index (χ0n) is 11.4. The number of imidazole rings is 1. The number of hydrogen-bond acceptors (Lipinski definition) is 2. The van der Waals surface area contributed by atoms with Crippen molar-refractivity contribution in [1.29, 1.82) is 0 Å². The lowest BCUT2D eigenvalue weighted by Gasteiger charge is -2.47. The van der Waals surface area contributed by atoms with Gasteiger partial charge in [0.25, 0.3) is 0 Å². The molecule has 1 saturated carbocycles. The Morgan fingerprint density at radius 2 is 1.81 bits per heavy atom. The van der Waals surface area contributed by atoms with Crippen molar-refractivity contribution in [3.05, 3.63) is 58.5 Å². The molecule has 1 aromatic carbocycles. The summed E-state index contributed by atoms with van der Waals surface area (Å²) in [5.74, 6) is 2.58. The van der Waals surface area contributed by atoms with E-state index in [0.717, 1.165) is 21.7 Å². The van der Waals surface area contributed by atoms with Crippen molar-refractivity contribution < 1.29 is 0 Å². The van der Waals surface area contributed by atoms with Crippen molar-refractivity contribution in [3.8, 4) is 0 Å². The number of fused-ring (bicyclic) bond motifs is 1. The third-order valence-corrected chi connectivity index (χ3v) is 5.38. The third-order valence-electron chi connectivity index (χ3n) is 4.94. The van der Waals surface area contributed by atoms with E-state index >= 15 is 0 Å². The molecule has 6 rings (SSSR count). The maximum Gasteiger partial charge on any atom is 0.161 e. The third kappa shape index (κ3) is 1.59. The van der Waals surface area contributed by atoms with E-state index in [1.54, 1.807) is 0 Å². The number of halogens is 1. The molecule has 104 valence electrons. The topological polar surface area (TPSA) is 30.7 Å². The Balaban J connectivity index is 1.80. The number of hydrogen-bond donors (Lipinski definition) is 0. The largest absolute Gasteiger partial charge is 0.305 e. The van der Waals surface area contributed by atoms with Gasteiger partial charge in [-0.1, -0.05) is 30.3 Å². The van der Waals surface area contributed by atoms with Crippen molar-refractivity contribution in [2.75, 3.05) is 0 Å². The molecule has 0 amide bonds. The molecule has 4 heterocycles. The van der Waals surface area contributed by atoms with Gasteiger partial charge in [-0.05, 0) is 52.4 Å². The molecule has 1 atom stereocenters. The van der Waals surface area contributed by atoms with Crippen LogP contribution in [-0.4, -0.2) is 14.5 Å². The van der Waals surface area contributed by atoms with Crippen LogP contribution >= 0.6 is 15.9 Å². The second-order valence-electron chi connectivity index (χ2n) is 6.10. The minimum absolute atomic E-state index is 0.387. The summed E-state index contributed by atoms with van der Waals surface area (Å²) in [5.41, 5.74) is 3.41.